The topological polar surface area (TPSA) is 24.9 Å². The van der Waals surface area contributed by atoms with E-state index in [2.05, 4.69) is 213 Å². The molecule has 0 saturated carbocycles. The lowest BCUT2D eigenvalue weighted by atomic mass is 9.85. The lowest BCUT2D eigenvalue weighted by molar-refractivity contribution is 0.591. The standard InChI is InChI=1S/C57H44N4/c1-56(2,3)36-28-43-41-25-33-17-13-14-18-34(33)27-46(41)60-48-32-58-55-51(49(48)45(30-36)52(43)60)50-40-24-16-15-19-35(40)26-42-44-29-37(57(4,5)6)31-47(53(44)61(55)54(42)50)59(38-20-9-7-10-21-38)39-22-11-8-12-23-39/h7-32H,1-6H3. The maximum Gasteiger partial charge on any atom is 0.146 e. The predicted molar refractivity (Wildman–Crippen MR) is 261 cm³/mol. The fourth-order valence-corrected chi connectivity index (χ4v) is 10.6. The summed E-state index contributed by atoms with van der Waals surface area (Å²) >= 11 is 0. The Morgan fingerprint density at radius 3 is 1.62 bits per heavy atom. The minimum atomic E-state index is -0.0950. The SMILES string of the molecule is CC(C)(C)c1cc(N(c2ccccc2)c2ccccc2)c2c(c1)c1cc3ccccc3c3c4c5c6cc(C(C)(C)C)cc7c8cc9ccccc9cc8n(c5cnc4n2c13)c76. The number of para-hydroxylation sites is 2. The Bertz CT molecular complexity index is 3890. The molecule has 13 rings (SSSR count). The number of rotatable bonds is 3. The van der Waals surface area contributed by atoms with Gasteiger partial charge in [-0.2, -0.15) is 0 Å². The average molecular weight is 785 g/mol. The Labute approximate surface area is 353 Å². The molecule has 0 amide bonds. The van der Waals surface area contributed by atoms with Crippen LogP contribution in [-0.4, -0.2) is 13.8 Å². The number of anilines is 3. The quantitative estimate of drug-likeness (QED) is 0.178. The van der Waals surface area contributed by atoms with Gasteiger partial charge in [0.15, 0.2) is 0 Å². The molecule has 0 saturated heterocycles. The van der Waals surface area contributed by atoms with Gasteiger partial charge in [0.25, 0.3) is 0 Å². The number of aromatic nitrogens is 3. The molecule has 4 nitrogen and oxygen atoms in total. The minimum absolute atomic E-state index is 0.0545. The van der Waals surface area contributed by atoms with E-state index in [0.717, 1.165) is 28.2 Å². The smallest absolute Gasteiger partial charge is 0.146 e. The van der Waals surface area contributed by atoms with E-state index < -0.39 is 0 Å². The molecule has 4 heteroatoms. The molecule has 0 unspecified atom stereocenters. The molecule has 0 N–H and O–H groups in total. The first-order valence-electron chi connectivity index (χ1n) is 21.6. The zero-order valence-electron chi connectivity index (χ0n) is 35.3. The van der Waals surface area contributed by atoms with Crippen LogP contribution in [-0.2, 0) is 10.8 Å². The van der Waals surface area contributed by atoms with Crippen LogP contribution in [0.2, 0.25) is 0 Å². The van der Waals surface area contributed by atoms with Gasteiger partial charge < -0.3 is 9.30 Å². The number of benzene rings is 8. The van der Waals surface area contributed by atoms with Gasteiger partial charge in [0.2, 0.25) is 0 Å². The summed E-state index contributed by atoms with van der Waals surface area (Å²) in [7, 11) is 0. The maximum absolute atomic E-state index is 5.63. The Morgan fingerprint density at radius 2 is 0.951 bits per heavy atom. The van der Waals surface area contributed by atoms with Gasteiger partial charge in [-0.05, 0) is 110 Å². The van der Waals surface area contributed by atoms with E-state index in [-0.39, 0.29) is 10.8 Å². The molecule has 0 bridgehead atoms. The van der Waals surface area contributed by atoms with E-state index in [1.807, 2.05) is 0 Å². The third kappa shape index (κ3) is 4.62. The van der Waals surface area contributed by atoms with Crippen LogP contribution < -0.4 is 4.90 Å². The van der Waals surface area contributed by atoms with Crippen molar-refractivity contribution in [2.45, 2.75) is 52.4 Å². The molecule has 0 aliphatic heterocycles. The van der Waals surface area contributed by atoms with Crippen LogP contribution in [0, 0.1) is 0 Å². The molecule has 0 fully saturated rings. The van der Waals surface area contributed by atoms with E-state index in [9.17, 15) is 0 Å². The number of hydrogen-bond donors (Lipinski definition) is 0. The number of pyridine rings is 1. The van der Waals surface area contributed by atoms with Gasteiger partial charge in [0.05, 0.1) is 39.5 Å². The number of nitrogens with zero attached hydrogens (tertiary/aromatic N) is 4. The van der Waals surface area contributed by atoms with Gasteiger partial charge in [0, 0.05) is 54.5 Å². The van der Waals surface area contributed by atoms with Crippen LogP contribution >= 0.6 is 0 Å². The second-order valence-corrected chi connectivity index (χ2v) is 19.3. The molecule has 0 radical (unpaired) electrons. The first-order chi connectivity index (χ1) is 29.5. The van der Waals surface area contributed by atoms with Crippen molar-refractivity contribution >= 4 is 115 Å². The fraction of sp³-hybridized carbons (Fsp3) is 0.140. The lowest BCUT2D eigenvalue weighted by Gasteiger charge is -2.29. The highest BCUT2D eigenvalue weighted by molar-refractivity contribution is 6.39. The largest absolute Gasteiger partial charge is 0.308 e. The molecule has 292 valence electrons. The zero-order valence-corrected chi connectivity index (χ0v) is 35.3. The van der Waals surface area contributed by atoms with E-state index in [1.165, 1.54) is 97.8 Å². The molecule has 5 heterocycles. The van der Waals surface area contributed by atoms with Crippen molar-refractivity contribution in [1.82, 2.24) is 13.8 Å². The van der Waals surface area contributed by atoms with Gasteiger partial charge in [-0.25, -0.2) is 4.98 Å². The van der Waals surface area contributed by atoms with Crippen molar-refractivity contribution < 1.29 is 0 Å². The number of fused-ring (bicyclic) bond motifs is 16. The first-order valence-corrected chi connectivity index (χ1v) is 21.6. The third-order valence-corrected chi connectivity index (χ3v) is 13.6. The lowest BCUT2D eigenvalue weighted by Crippen LogP contribution is -2.15. The molecular formula is C57H44N4. The Morgan fingerprint density at radius 1 is 0.410 bits per heavy atom. The Kier molecular flexibility index (Phi) is 6.69. The maximum atomic E-state index is 5.63. The van der Waals surface area contributed by atoms with Crippen LogP contribution in [0.5, 0.6) is 0 Å². The van der Waals surface area contributed by atoms with Crippen LogP contribution in [0.1, 0.15) is 52.7 Å². The van der Waals surface area contributed by atoms with E-state index in [4.69, 9.17) is 4.98 Å². The van der Waals surface area contributed by atoms with Crippen LogP contribution in [0.25, 0.3) is 97.9 Å². The molecule has 0 aliphatic carbocycles. The summed E-state index contributed by atoms with van der Waals surface area (Å²) in [5.74, 6) is 0. The monoisotopic (exact) mass is 784 g/mol. The summed E-state index contributed by atoms with van der Waals surface area (Å²) in [4.78, 5) is 8.08. The van der Waals surface area contributed by atoms with Gasteiger partial charge in [0.1, 0.15) is 5.65 Å². The van der Waals surface area contributed by atoms with E-state index >= 15 is 0 Å². The summed E-state index contributed by atoms with van der Waals surface area (Å²) in [6, 6.07) is 56.5. The molecular weight excluding hydrogens is 741 g/mol. The highest BCUT2D eigenvalue weighted by Crippen LogP contribution is 2.52. The third-order valence-electron chi connectivity index (χ3n) is 13.6. The van der Waals surface area contributed by atoms with Crippen LogP contribution in [0.3, 0.4) is 0 Å². The summed E-state index contributed by atoms with van der Waals surface area (Å²) < 4.78 is 5.04. The summed E-state index contributed by atoms with van der Waals surface area (Å²) in [6.45, 7) is 14.0. The van der Waals surface area contributed by atoms with Crippen molar-refractivity contribution in [2.24, 2.45) is 0 Å². The van der Waals surface area contributed by atoms with Crippen molar-refractivity contribution in [2.75, 3.05) is 4.90 Å². The van der Waals surface area contributed by atoms with Crippen molar-refractivity contribution in [3.63, 3.8) is 0 Å². The molecule has 0 spiro atoms. The van der Waals surface area contributed by atoms with E-state index in [0.29, 0.717) is 0 Å². The Hall–Kier alpha value is -7.17. The minimum Gasteiger partial charge on any atom is -0.308 e. The van der Waals surface area contributed by atoms with Gasteiger partial charge in [-0.15, -0.1) is 0 Å². The molecule has 61 heavy (non-hydrogen) atoms. The second-order valence-electron chi connectivity index (χ2n) is 19.3. The highest BCUT2D eigenvalue weighted by Gasteiger charge is 2.31. The normalized spacial score (nSPS) is 13.1. The summed E-state index contributed by atoms with van der Waals surface area (Å²) in [6.07, 6.45) is 2.17. The van der Waals surface area contributed by atoms with Crippen molar-refractivity contribution in [3.8, 4) is 0 Å². The molecule has 8 aromatic carbocycles. The van der Waals surface area contributed by atoms with Gasteiger partial charge >= 0.3 is 0 Å². The molecule has 0 atom stereocenters. The summed E-state index contributed by atoms with van der Waals surface area (Å²) in [5, 5.41) is 15.2. The van der Waals surface area contributed by atoms with Gasteiger partial charge in [-0.3, -0.25) is 4.40 Å². The fourth-order valence-electron chi connectivity index (χ4n) is 10.6. The van der Waals surface area contributed by atoms with Crippen LogP contribution in [0.4, 0.5) is 17.1 Å². The molecule has 0 aliphatic rings. The van der Waals surface area contributed by atoms with Crippen molar-refractivity contribution in [3.05, 3.63) is 169 Å². The molecule has 13 aromatic rings. The van der Waals surface area contributed by atoms with E-state index in [1.54, 1.807) is 0 Å². The second kappa shape index (κ2) is 11.8. The first kappa shape index (κ1) is 34.7. The summed E-state index contributed by atoms with van der Waals surface area (Å²) in [5.41, 5.74) is 12.9. The zero-order chi connectivity index (χ0) is 41.1. The molecule has 5 aromatic heterocycles. The van der Waals surface area contributed by atoms with Crippen LogP contribution in [0.15, 0.2) is 158 Å². The van der Waals surface area contributed by atoms with Crippen molar-refractivity contribution in [1.29, 1.82) is 0 Å². The van der Waals surface area contributed by atoms with Gasteiger partial charge in [-0.1, -0.05) is 126 Å². The highest BCUT2D eigenvalue weighted by atomic mass is 15.2. The number of hydrogen-bond acceptors (Lipinski definition) is 2. The predicted octanol–water partition coefficient (Wildman–Crippen LogP) is 15.8. The average Bonchev–Trinajstić information content (AvgIpc) is 3.98. The Balaban J connectivity index is 1.29.